The van der Waals surface area contributed by atoms with E-state index in [9.17, 15) is 14.7 Å². The van der Waals surface area contributed by atoms with Crippen LogP contribution in [-0.2, 0) is 9.59 Å². The molecule has 1 fully saturated rings. The van der Waals surface area contributed by atoms with E-state index in [1.807, 2.05) is 42.5 Å². The van der Waals surface area contributed by atoms with Gasteiger partial charge < -0.3 is 25.4 Å². The molecule has 0 aliphatic carbocycles. The number of thioether (sulfide) groups is 1. The van der Waals surface area contributed by atoms with Crippen LogP contribution in [-0.4, -0.2) is 59.3 Å². The second kappa shape index (κ2) is 10.2. The Hall–Kier alpha value is -3.14. The maximum Gasteiger partial charge on any atom is 0.234 e. The lowest BCUT2D eigenvalue weighted by atomic mass is 9.95. The molecular formula is C26H28N4O4S. The monoisotopic (exact) mass is 492 g/mol. The molecule has 182 valence electrons. The Labute approximate surface area is 208 Å². The average Bonchev–Trinajstić information content (AvgIpc) is 2.88. The van der Waals surface area contributed by atoms with Crippen LogP contribution < -0.4 is 15.4 Å². The molecule has 3 heterocycles. The van der Waals surface area contributed by atoms with Gasteiger partial charge in [0.2, 0.25) is 11.8 Å². The third kappa shape index (κ3) is 5.27. The summed E-state index contributed by atoms with van der Waals surface area (Å²) in [5.41, 5.74) is 3.08. The Morgan fingerprint density at radius 1 is 1.26 bits per heavy atom. The minimum atomic E-state index is -0.665. The summed E-state index contributed by atoms with van der Waals surface area (Å²) < 4.78 is 5.34. The van der Waals surface area contributed by atoms with Gasteiger partial charge in [0, 0.05) is 34.6 Å². The molecule has 35 heavy (non-hydrogen) atoms. The number of piperidine rings is 1. The number of aromatic nitrogens is 1. The highest BCUT2D eigenvalue weighted by molar-refractivity contribution is 8.00. The zero-order valence-corrected chi connectivity index (χ0v) is 20.3. The van der Waals surface area contributed by atoms with E-state index in [2.05, 4.69) is 20.5 Å². The van der Waals surface area contributed by atoms with Crippen LogP contribution in [0.25, 0.3) is 10.9 Å². The third-order valence-electron chi connectivity index (χ3n) is 6.61. The molecule has 9 heteroatoms. The number of pyridine rings is 1. The largest absolute Gasteiger partial charge is 0.497 e. The van der Waals surface area contributed by atoms with Crippen LogP contribution in [0.3, 0.4) is 0 Å². The molecule has 1 aromatic heterocycles. The topological polar surface area (TPSA) is 104 Å². The van der Waals surface area contributed by atoms with E-state index in [1.54, 1.807) is 13.3 Å². The number of anilines is 2. The van der Waals surface area contributed by atoms with E-state index in [1.165, 1.54) is 11.8 Å². The van der Waals surface area contributed by atoms with Crippen LogP contribution in [0.1, 0.15) is 24.5 Å². The molecular weight excluding hydrogens is 464 g/mol. The van der Waals surface area contributed by atoms with Gasteiger partial charge in [-0.3, -0.25) is 14.6 Å². The van der Waals surface area contributed by atoms with Crippen molar-refractivity contribution in [2.45, 2.75) is 23.8 Å². The first-order valence-corrected chi connectivity index (χ1v) is 12.7. The number of nitrogens with one attached hydrogen (secondary N) is 2. The second-order valence-corrected chi connectivity index (χ2v) is 9.93. The van der Waals surface area contributed by atoms with Crippen molar-refractivity contribution in [3.8, 4) is 5.75 Å². The molecule has 0 saturated carbocycles. The van der Waals surface area contributed by atoms with Crippen LogP contribution >= 0.6 is 11.8 Å². The van der Waals surface area contributed by atoms with Crippen molar-refractivity contribution in [1.82, 2.24) is 9.88 Å². The van der Waals surface area contributed by atoms with Gasteiger partial charge in [-0.05, 0) is 74.0 Å². The van der Waals surface area contributed by atoms with E-state index in [0.717, 1.165) is 58.7 Å². The summed E-state index contributed by atoms with van der Waals surface area (Å²) in [5.74, 6) is 1.02. The fraction of sp³-hybridized carbons (Fsp3) is 0.346. The van der Waals surface area contributed by atoms with Crippen LogP contribution in [0.4, 0.5) is 11.4 Å². The SMILES string of the molecule is COc1ccc2nccc(C(O)CN3CCC(C(=O)Nc4ccc5c(c4)NC(=O)CS5)CC3)c2c1. The molecule has 0 bridgehead atoms. The molecule has 2 amide bonds. The Morgan fingerprint density at radius 2 is 2.09 bits per heavy atom. The number of amides is 2. The van der Waals surface area contributed by atoms with Crippen LogP contribution in [0.5, 0.6) is 5.75 Å². The normalized spacial score (nSPS) is 17.5. The lowest BCUT2D eigenvalue weighted by Gasteiger charge is -2.32. The molecule has 2 aliphatic rings. The van der Waals surface area contributed by atoms with E-state index < -0.39 is 6.10 Å². The van der Waals surface area contributed by atoms with Crippen molar-refractivity contribution >= 4 is 45.9 Å². The van der Waals surface area contributed by atoms with Gasteiger partial charge in [-0.15, -0.1) is 11.8 Å². The number of hydrogen-bond acceptors (Lipinski definition) is 7. The summed E-state index contributed by atoms with van der Waals surface area (Å²) in [4.78, 5) is 32.1. The molecule has 1 atom stereocenters. The highest BCUT2D eigenvalue weighted by Crippen LogP contribution is 2.34. The Kier molecular flexibility index (Phi) is 6.90. The number of methoxy groups -OCH3 is 1. The number of rotatable bonds is 6. The number of ether oxygens (including phenoxy) is 1. The number of β-amino-alcohol motifs (C(OH)–C–C–N with tert-alkyl or cyclic N) is 1. The molecule has 8 nitrogen and oxygen atoms in total. The van der Waals surface area contributed by atoms with Gasteiger partial charge >= 0.3 is 0 Å². The van der Waals surface area contributed by atoms with E-state index in [-0.39, 0.29) is 17.7 Å². The number of hydrogen-bond donors (Lipinski definition) is 3. The van der Waals surface area contributed by atoms with Crippen molar-refractivity contribution in [2.24, 2.45) is 5.92 Å². The highest BCUT2D eigenvalue weighted by atomic mass is 32.2. The number of carbonyl (C=O) groups is 2. The number of aliphatic hydroxyl groups excluding tert-OH is 1. The Balaban J connectivity index is 1.17. The molecule has 0 spiro atoms. The summed E-state index contributed by atoms with van der Waals surface area (Å²) in [7, 11) is 1.62. The minimum absolute atomic E-state index is 0.00726. The van der Waals surface area contributed by atoms with Gasteiger partial charge in [0.1, 0.15) is 5.75 Å². The van der Waals surface area contributed by atoms with Gasteiger partial charge in [0.05, 0.1) is 30.2 Å². The summed E-state index contributed by atoms with van der Waals surface area (Å²) in [6.45, 7) is 1.96. The second-order valence-electron chi connectivity index (χ2n) is 8.91. The smallest absolute Gasteiger partial charge is 0.234 e. The molecule has 1 unspecified atom stereocenters. The molecule has 2 aromatic carbocycles. The van der Waals surface area contributed by atoms with E-state index in [0.29, 0.717) is 18.0 Å². The van der Waals surface area contributed by atoms with Crippen LogP contribution in [0, 0.1) is 5.92 Å². The van der Waals surface area contributed by atoms with Crippen molar-refractivity contribution in [1.29, 1.82) is 0 Å². The molecule has 3 aromatic rings. The van der Waals surface area contributed by atoms with Gasteiger partial charge in [-0.2, -0.15) is 0 Å². The van der Waals surface area contributed by atoms with E-state index >= 15 is 0 Å². The molecule has 1 saturated heterocycles. The molecule has 3 N–H and O–H groups in total. The maximum absolute atomic E-state index is 12.9. The summed E-state index contributed by atoms with van der Waals surface area (Å²) >= 11 is 1.50. The summed E-state index contributed by atoms with van der Waals surface area (Å²) in [6, 6.07) is 13.1. The summed E-state index contributed by atoms with van der Waals surface area (Å²) in [6.07, 6.45) is 2.50. The third-order valence-corrected chi connectivity index (χ3v) is 7.68. The first kappa shape index (κ1) is 23.6. The van der Waals surface area contributed by atoms with Crippen LogP contribution in [0.15, 0.2) is 53.6 Å². The number of nitrogens with zero attached hydrogens (tertiary/aromatic N) is 2. The Bertz CT molecular complexity index is 1260. The fourth-order valence-electron chi connectivity index (χ4n) is 4.69. The minimum Gasteiger partial charge on any atom is -0.497 e. The van der Waals surface area contributed by atoms with Crippen molar-refractivity contribution in [3.05, 3.63) is 54.2 Å². The van der Waals surface area contributed by atoms with Crippen LogP contribution in [0.2, 0.25) is 0 Å². The number of fused-ring (bicyclic) bond motifs is 2. The average molecular weight is 493 g/mol. The van der Waals surface area contributed by atoms with Gasteiger partial charge in [-0.25, -0.2) is 0 Å². The number of benzene rings is 2. The standard InChI is InChI=1S/C26H28N4O4S/c1-34-18-3-4-21-20(13-18)19(6-9-27-21)23(31)14-30-10-7-16(8-11-30)26(33)28-17-2-5-24-22(12-17)29-25(32)15-35-24/h2-6,9,12-13,16,23,31H,7-8,10-11,14-15H2,1H3,(H,28,33)(H,29,32). The van der Waals surface area contributed by atoms with E-state index in [4.69, 9.17) is 4.74 Å². The lowest BCUT2D eigenvalue weighted by Crippen LogP contribution is -2.40. The summed E-state index contributed by atoms with van der Waals surface area (Å²) in [5, 5.41) is 17.7. The predicted octanol–water partition coefficient (Wildman–Crippen LogP) is 3.67. The zero-order chi connectivity index (χ0) is 24.4. The number of carbonyl (C=O) groups excluding carboxylic acids is 2. The predicted molar refractivity (Wildman–Crippen MR) is 137 cm³/mol. The maximum atomic E-state index is 12.9. The van der Waals surface area contributed by atoms with Gasteiger partial charge in [-0.1, -0.05) is 0 Å². The quantitative estimate of drug-likeness (QED) is 0.482. The van der Waals surface area contributed by atoms with Crippen molar-refractivity contribution in [2.75, 3.05) is 43.1 Å². The van der Waals surface area contributed by atoms with Crippen molar-refractivity contribution in [3.63, 3.8) is 0 Å². The first-order chi connectivity index (χ1) is 17.0. The fourth-order valence-corrected chi connectivity index (χ4v) is 5.48. The van der Waals surface area contributed by atoms with Crippen molar-refractivity contribution < 1.29 is 19.4 Å². The molecule has 5 rings (SSSR count). The Morgan fingerprint density at radius 3 is 2.89 bits per heavy atom. The zero-order valence-electron chi connectivity index (χ0n) is 19.5. The van der Waals surface area contributed by atoms with Gasteiger partial charge in [0.15, 0.2) is 0 Å². The molecule has 2 aliphatic heterocycles. The number of likely N-dealkylation sites (tertiary alicyclic amines) is 1. The van der Waals surface area contributed by atoms with Gasteiger partial charge in [0.25, 0.3) is 0 Å². The first-order valence-electron chi connectivity index (χ1n) is 11.7. The highest BCUT2D eigenvalue weighted by Gasteiger charge is 2.27. The number of aliphatic hydroxyl groups is 1. The lowest BCUT2D eigenvalue weighted by molar-refractivity contribution is -0.121. The molecule has 0 radical (unpaired) electrons.